The lowest BCUT2D eigenvalue weighted by Gasteiger charge is -2.10. The van der Waals surface area contributed by atoms with Crippen LogP contribution in [0, 0.1) is 0 Å². The summed E-state index contributed by atoms with van der Waals surface area (Å²) in [7, 11) is 4.08. The molecule has 1 aromatic heterocycles. The minimum absolute atomic E-state index is 1.04. The van der Waals surface area contributed by atoms with Gasteiger partial charge in [-0.1, -0.05) is 6.92 Å². The summed E-state index contributed by atoms with van der Waals surface area (Å²) in [4.78, 5) is 6.07. The van der Waals surface area contributed by atoms with Gasteiger partial charge in [0.1, 0.15) is 0 Å². The highest BCUT2D eigenvalue weighted by Gasteiger charge is 1.97. The third-order valence-corrected chi connectivity index (χ3v) is 1.85. The monoisotopic (exact) mass is 176 g/mol. The summed E-state index contributed by atoms with van der Waals surface area (Å²) in [5, 5.41) is 0. The summed E-state index contributed by atoms with van der Waals surface area (Å²) in [6.45, 7) is 2.16. The zero-order valence-electron chi connectivity index (χ0n) is 8.49. The first kappa shape index (κ1) is 9.78. The van der Waals surface area contributed by atoms with E-state index in [1.54, 1.807) is 0 Å². The van der Waals surface area contributed by atoms with E-state index in [0.717, 1.165) is 6.42 Å². The van der Waals surface area contributed by atoms with Gasteiger partial charge >= 0.3 is 0 Å². The van der Waals surface area contributed by atoms with Gasteiger partial charge in [-0.05, 0) is 29.7 Å². The Labute approximate surface area is 79.9 Å². The van der Waals surface area contributed by atoms with Gasteiger partial charge in [-0.3, -0.25) is 4.98 Å². The van der Waals surface area contributed by atoms with Gasteiger partial charge in [-0.2, -0.15) is 0 Å². The van der Waals surface area contributed by atoms with Gasteiger partial charge in [0.2, 0.25) is 0 Å². The summed E-state index contributed by atoms with van der Waals surface area (Å²) >= 11 is 0. The quantitative estimate of drug-likeness (QED) is 0.703. The maximum Gasteiger partial charge on any atom is 0.0273 e. The predicted octanol–water partition coefficient (Wildman–Crippen LogP) is 2.39. The van der Waals surface area contributed by atoms with Crippen LogP contribution in [0.1, 0.15) is 18.9 Å². The molecule has 0 radical (unpaired) electrons. The smallest absolute Gasteiger partial charge is 0.0273 e. The van der Waals surface area contributed by atoms with E-state index in [1.807, 2.05) is 38.6 Å². The SMILES string of the molecule is CCC(=CN(C)C)c1ccncc1. The molecule has 1 aromatic rings. The second-order valence-corrected chi connectivity index (χ2v) is 3.21. The lowest BCUT2D eigenvalue weighted by Crippen LogP contribution is -2.02. The van der Waals surface area contributed by atoms with Gasteiger partial charge in [0.25, 0.3) is 0 Å². The first-order valence-corrected chi connectivity index (χ1v) is 4.51. The third kappa shape index (κ3) is 2.90. The first-order chi connectivity index (χ1) is 6.24. The largest absolute Gasteiger partial charge is 0.383 e. The van der Waals surface area contributed by atoms with Gasteiger partial charge in [0, 0.05) is 32.7 Å². The molecule has 0 aliphatic rings. The Kier molecular flexibility index (Phi) is 3.50. The van der Waals surface area contributed by atoms with Crippen molar-refractivity contribution in [3.63, 3.8) is 0 Å². The van der Waals surface area contributed by atoms with E-state index in [2.05, 4.69) is 23.0 Å². The van der Waals surface area contributed by atoms with E-state index in [4.69, 9.17) is 0 Å². The molecule has 0 atom stereocenters. The molecule has 0 saturated carbocycles. The molecular formula is C11H16N2. The average Bonchev–Trinajstić information content (AvgIpc) is 2.15. The van der Waals surface area contributed by atoms with Crippen molar-refractivity contribution < 1.29 is 0 Å². The van der Waals surface area contributed by atoms with Crippen molar-refractivity contribution in [3.05, 3.63) is 36.3 Å². The number of hydrogen-bond acceptors (Lipinski definition) is 2. The lowest BCUT2D eigenvalue weighted by molar-refractivity contribution is 0.564. The summed E-state index contributed by atoms with van der Waals surface area (Å²) in [5.41, 5.74) is 2.60. The van der Waals surface area contributed by atoms with Crippen LogP contribution >= 0.6 is 0 Å². The van der Waals surface area contributed by atoms with Gasteiger partial charge in [0.15, 0.2) is 0 Å². The summed E-state index contributed by atoms with van der Waals surface area (Å²) < 4.78 is 0. The van der Waals surface area contributed by atoms with Gasteiger partial charge in [-0.25, -0.2) is 0 Å². The molecule has 0 aliphatic heterocycles. The Morgan fingerprint density at radius 2 is 2.00 bits per heavy atom. The molecule has 1 heterocycles. The van der Waals surface area contributed by atoms with Crippen molar-refractivity contribution in [2.45, 2.75) is 13.3 Å². The van der Waals surface area contributed by atoms with Crippen LogP contribution in [0.2, 0.25) is 0 Å². The molecule has 70 valence electrons. The molecule has 0 aromatic carbocycles. The van der Waals surface area contributed by atoms with Crippen molar-refractivity contribution in [2.24, 2.45) is 0 Å². The standard InChI is InChI=1S/C11H16N2/c1-4-10(9-13(2)3)11-5-7-12-8-6-11/h5-9H,4H2,1-3H3. The van der Waals surface area contributed by atoms with Gasteiger partial charge < -0.3 is 4.90 Å². The van der Waals surface area contributed by atoms with Crippen LogP contribution in [-0.4, -0.2) is 24.0 Å². The fraction of sp³-hybridized carbons (Fsp3) is 0.364. The molecule has 13 heavy (non-hydrogen) atoms. The minimum Gasteiger partial charge on any atom is -0.383 e. The van der Waals surface area contributed by atoms with Crippen LogP contribution in [-0.2, 0) is 0 Å². The normalized spacial score (nSPS) is 11.5. The van der Waals surface area contributed by atoms with Crippen molar-refractivity contribution in [1.29, 1.82) is 0 Å². The molecule has 0 unspecified atom stereocenters. The molecule has 0 N–H and O–H groups in total. The number of nitrogens with zero attached hydrogens (tertiary/aromatic N) is 2. The number of aromatic nitrogens is 1. The van der Waals surface area contributed by atoms with E-state index in [1.165, 1.54) is 11.1 Å². The molecule has 0 bridgehead atoms. The van der Waals surface area contributed by atoms with Crippen LogP contribution < -0.4 is 0 Å². The lowest BCUT2D eigenvalue weighted by atomic mass is 10.1. The van der Waals surface area contributed by atoms with Crippen molar-refractivity contribution in [1.82, 2.24) is 9.88 Å². The highest BCUT2D eigenvalue weighted by atomic mass is 15.0. The zero-order valence-corrected chi connectivity index (χ0v) is 8.49. The summed E-state index contributed by atoms with van der Waals surface area (Å²) in [5.74, 6) is 0. The third-order valence-electron chi connectivity index (χ3n) is 1.85. The van der Waals surface area contributed by atoms with E-state index >= 15 is 0 Å². The van der Waals surface area contributed by atoms with Crippen molar-refractivity contribution >= 4 is 5.57 Å². The van der Waals surface area contributed by atoms with Gasteiger partial charge in [-0.15, -0.1) is 0 Å². The van der Waals surface area contributed by atoms with Gasteiger partial charge in [0.05, 0.1) is 0 Å². The van der Waals surface area contributed by atoms with Crippen LogP contribution in [0.3, 0.4) is 0 Å². The highest BCUT2D eigenvalue weighted by Crippen LogP contribution is 2.16. The molecule has 0 spiro atoms. The number of allylic oxidation sites excluding steroid dienone is 1. The Bertz CT molecular complexity index is 275. The van der Waals surface area contributed by atoms with Crippen LogP contribution in [0.4, 0.5) is 0 Å². The molecule has 0 aliphatic carbocycles. The summed E-state index contributed by atoms with van der Waals surface area (Å²) in [6.07, 6.45) is 6.85. The van der Waals surface area contributed by atoms with Crippen molar-refractivity contribution in [2.75, 3.05) is 14.1 Å². The maximum atomic E-state index is 4.00. The number of hydrogen-bond donors (Lipinski definition) is 0. The Morgan fingerprint density at radius 3 is 2.46 bits per heavy atom. The molecular weight excluding hydrogens is 160 g/mol. The molecule has 1 rings (SSSR count). The van der Waals surface area contributed by atoms with Crippen molar-refractivity contribution in [3.8, 4) is 0 Å². The van der Waals surface area contributed by atoms with E-state index in [0.29, 0.717) is 0 Å². The second kappa shape index (κ2) is 4.65. The van der Waals surface area contributed by atoms with E-state index < -0.39 is 0 Å². The Hall–Kier alpha value is -1.31. The Morgan fingerprint density at radius 1 is 1.38 bits per heavy atom. The summed E-state index contributed by atoms with van der Waals surface area (Å²) in [6, 6.07) is 4.08. The fourth-order valence-electron chi connectivity index (χ4n) is 1.25. The van der Waals surface area contributed by atoms with Crippen LogP contribution in [0.25, 0.3) is 5.57 Å². The minimum atomic E-state index is 1.04. The molecule has 0 amide bonds. The molecule has 0 saturated heterocycles. The predicted molar refractivity (Wildman–Crippen MR) is 56.2 cm³/mol. The van der Waals surface area contributed by atoms with E-state index in [9.17, 15) is 0 Å². The van der Waals surface area contributed by atoms with Crippen LogP contribution in [0.5, 0.6) is 0 Å². The Balaban J connectivity index is 2.91. The van der Waals surface area contributed by atoms with E-state index in [-0.39, 0.29) is 0 Å². The highest BCUT2D eigenvalue weighted by molar-refractivity contribution is 5.64. The molecule has 0 fully saturated rings. The number of pyridine rings is 1. The van der Waals surface area contributed by atoms with Crippen LogP contribution in [0.15, 0.2) is 30.7 Å². The average molecular weight is 176 g/mol. The fourth-order valence-corrected chi connectivity index (χ4v) is 1.25. The zero-order chi connectivity index (χ0) is 9.68. The topological polar surface area (TPSA) is 16.1 Å². The first-order valence-electron chi connectivity index (χ1n) is 4.51. The maximum absolute atomic E-state index is 4.00. The number of rotatable bonds is 3. The second-order valence-electron chi connectivity index (χ2n) is 3.21. The molecule has 2 heteroatoms. The molecule has 2 nitrogen and oxygen atoms in total.